The Morgan fingerprint density at radius 3 is 2.18 bits per heavy atom. The minimum absolute atomic E-state index is 0.00693. The largest absolute Gasteiger partial charge is 0.466 e. The Labute approximate surface area is 195 Å². The van der Waals surface area contributed by atoms with Crippen LogP contribution in [0, 0.1) is 5.82 Å². The fourth-order valence-corrected chi connectivity index (χ4v) is 3.33. The number of alkyl halides is 2. The summed E-state index contributed by atoms with van der Waals surface area (Å²) in [6, 6.07) is 19.1. The second-order valence-electron chi connectivity index (χ2n) is 7.55. The lowest BCUT2D eigenvalue weighted by Gasteiger charge is -2.24. The molecule has 1 amide bonds. The second kappa shape index (κ2) is 10.9. The van der Waals surface area contributed by atoms with Gasteiger partial charge in [0.25, 0.3) is 0 Å². The molecular weight excluding hydrogens is 447 g/mol. The predicted molar refractivity (Wildman–Crippen MR) is 122 cm³/mol. The van der Waals surface area contributed by atoms with Crippen LogP contribution in [0.25, 0.3) is 11.1 Å². The van der Waals surface area contributed by atoms with Crippen molar-refractivity contribution in [3.63, 3.8) is 0 Å². The maximum absolute atomic E-state index is 15.2. The molecule has 5 nitrogen and oxygen atoms in total. The lowest BCUT2D eigenvalue weighted by Crippen LogP contribution is -2.33. The van der Waals surface area contributed by atoms with E-state index in [2.05, 4.69) is 4.74 Å². The van der Waals surface area contributed by atoms with Crippen LogP contribution in [0.1, 0.15) is 25.8 Å². The normalized spacial score (nSPS) is 11.1. The van der Waals surface area contributed by atoms with Crippen LogP contribution in [-0.2, 0) is 20.9 Å². The highest BCUT2D eigenvalue weighted by molar-refractivity contribution is 6.03. The van der Waals surface area contributed by atoms with Crippen molar-refractivity contribution < 1.29 is 32.2 Å². The van der Waals surface area contributed by atoms with Gasteiger partial charge in [-0.2, -0.15) is 8.78 Å². The molecule has 3 aromatic rings. The van der Waals surface area contributed by atoms with E-state index in [1.54, 1.807) is 37.3 Å². The fraction of sp³-hybridized carbons (Fsp3) is 0.231. The van der Waals surface area contributed by atoms with Crippen LogP contribution in [0.15, 0.2) is 72.8 Å². The van der Waals surface area contributed by atoms with Crippen LogP contribution in [0.2, 0.25) is 0 Å². The summed E-state index contributed by atoms with van der Waals surface area (Å²) in [4.78, 5) is 25.9. The zero-order valence-corrected chi connectivity index (χ0v) is 18.8. The molecule has 0 fully saturated rings. The highest BCUT2D eigenvalue weighted by Gasteiger charge is 2.24. The number of anilines is 1. The summed E-state index contributed by atoms with van der Waals surface area (Å²) in [5, 5.41) is 0. The third kappa shape index (κ3) is 6.84. The zero-order valence-electron chi connectivity index (χ0n) is 18.8. The van der Waals surface area contributed by atoms with Gasteiger partial charge in [-0.3, -0.25) is 9.59 Å². The van der Waals surface area contributed by atoms with Crippen LogP contribution in [0.5, 0.6) is 5.75 Å². The molecule has 178 valence electrons. The van der Waals surface area contributed by atoms with Crippen LogP contribution < -0.4 is 9.64 Å². The van der Waals surface area contributed by atoms with E-state index in [1.165, 1.54) is 41.3 Å². The number of hydrogen-bond donors (Lipinski definition) is 0. The maximum Gasteiger partial charge on any atom is 0.394 e. The SMILES string of the molecule is CCOC(=O)CC(=O)N(Cc1ccccc1)c1ccc(-c2ccc(OC(C)(F)F)cc2)cc1F. The summed E-state index contributed by atoms with van der Waals surface area (Å²) in [6.45, 7) is 2.47. The lowest BCUT2D eigenvalue weighted by molar-refractivity contribution is -0.159. The Balaban J connectivity index is 1.88. The quantitative estimate of drug-likeness (QED) is 0.285. The summed E-state index contributed by atoms with van der Waals surface area (Å²) >= 11 is 0. The molecule has 0 saturated carbocycles. The number of carbonyl (C=O) groups is 2. The molecule has 8 heteroatoms. The van der Waals surface area contributed by atoms with Crippen molar-refractivity contribution in [2.45, 2.75) is 32.9 Å². The van der Waals surface area contributed by atoms with E-state index < -0.39 is 30.2 Å². The summed E-state index contributed by atoms with van der Waals surface area (Å²) in [6.07, 6.45) is -3.83. The molecule has 0 heterocycles. The third-order valence-electron chi connectivity index (χ3n) is 4.81. The molecule has 0 radical (unpaired) electrons. The molecule has 3 rings (SSSR count). The van der Waals surface area contributed by atoms with Crippen molar-refractivity contribution in [1.82, 2.24) is 0 Å². The highest BCUT2D eigenvalue weighted by Crippen LogP contribution is 2.30. The number of benzene rings is 3. The van der Waals surface area contributed by atoms with E-state index in [-0.39, 0.29) is 24.6 Å². The van der Waals surface area contributed by atoms with Crippen molar-refractivity contribution in [1.29, 1.82) is 0 Å². The summed E-state index contributed by atoms with van der Waals surface area (Å²) < 4.78 is 50.6. The van der Waals surface area contributed by atoms with E-state index in [9.17, 15) is 18.4 Å². The van der Waals surface area contributed by atoms with Crippen LogP contribution in [-0.4, -0.2) is 24.6 Å². The molecular formula is C26H24F3NO4. The molecule has 0 aliphatic heterocycles. The minimum atomic E-state index is -3.31. The van der Waals surface area contributed by atoms with E-state index in [1.807, 2.05) is 6.07 Å². The number of carbonyl (C=O) groups excluding carboxylic acids is 2. The van der Waals surface area contributed by atoms with Crippen molar-refractivity contribution in [3.8, 4) is 16.9 Å². The molecule has 0 atom stereocenters. The number of halogens is 3. The average Bonchev–Trinajstić information content (AvgIpc) is 2.78. The molecule has 0 unspecified atom stereocenters. The van der Waals surface area contributed by atoms with Crippen molar-refractivity contribution >= 4 is 17.6 Å². The number of esters is 1. The smallest absolute Gasteiger partial charge is 0.394 e. The van der Waals surface area contributed by atoms with Crippen LogP contribution in [0.4, 0.5) is 18.9 Å². The Morgan fingerprint density at radius 1 is 0.941 bits per heavy atom. The Bertz CT molecular complexity index is 1130. The van der Waals surface area contributed by atoms with Gasteiger partial charge in [-0.15, -0.1) is 0 Å². The molecule has 0 N–H and O–H groups in total. The van der Waals surface area contributed by atoms with Crippen molar-refractivity contribution in [2.75, 3.05) is 11.5 Å². The fourth-order valence-electron chi connectivity index (χ4n) is 3.33. The summed E-state index contributed by atoms with van der Waals surface area (Å²) in [5.74, 6) is -1.99. The first-order valence-electron chi connectivity index (χ1n) is 10.6. The van der Waals surface area contributed by atoms with Gasteiger partial charge in [-0.1, -0.05) is 48.5 Å². The Hall–Kier alpha value is -3.81. The first-order chi connectivity index (χ1) is 16.2. The van der Waals surface area contributed by atoms with Gasteiger partial charge in [-0.05, 0) is 47.9 Å². The number of rotatable bonds is 9. The first-order valence-corrected chi connectivity index (χ1v) is 10.6. The van der Waals surface area contributed by atoms with Gasteiger partial charge in [0.2, 0.25) is 5.91 Å². The number of nitrogens with zero attached hydrogens (tertiary/aromatic N) is 1. The Morgan fingerprint density at radius 2 is 1.59 bits per heavy atom. The first kappa shape index (κ1) is 24.8. The number of amides is 1. The lowest BCUT2D eigenvalue weighted by atomic mass is 10.0. The van der Waals surface area contributed by atoms with Gasteiger partial charge >= 0.3 is 12.1 Å². The number of hydrogen-bond acceptors (Lipinski definition) is 4. The average molecular weight is 471 g/mol. The standard InChI is InChI=1S/C26H24F3NO4/c1-3-33-25(32)16-24(31)30(17-18-7-5-4-6-8-18)23-14-11-20(15-22(23)27)19-9-12-21(13-10-19)34-26(2,28)29/h4-15H,3,16-17H2,1-2H3. The van der Waals surface area contributed by atoms with E-state index >= 15 is 4.39 Å². The topological polar surface area (TPSA) is 55.8 Å². The van der Waals surface area contributed by atoms with Gasteiger partial charge in [0.1, 0.15) is 18.0 Å². The molecule has 0 aromatic heterocycles. The Kier molecular flexibility index (Phi) is 7.94. The second-order valence-corrected chi connectivity index (χ2v) is 7.55. The summed E-state index contributed by atoms with van der Waals surface area (Å²) in [7, 11) is 0. The molecule has 0 aliphatic rings. The van der Waals surface area contributed by atoms with Gasteiger partial charge < -0.3 is 14.4 Å². The molecule has 0 spiro atoms. The van der Waals surface area contributed by atoms with Gasteiger partial charge in [0.05, 0.1) is 18.8 Å². The molecule has 0 bridgehead atoms. The van der Waals surface area contributed by atoms with E-state index in [0.29, 0.717) is 18.1 Å². The van der Waals surface area contributed by atoms with Gasteiger partial charge in [-0.25, -0.2) is 4.39 Å². The van der Waals surface area contributed by atoms with Gasteiger partial charge in [0, 0.05) is 6.92 Å². The van der Waals surface area contributed by atoms with E-state index in [4.69, 9.17) is 4.74 Å². The van der Waals surface area contributed by atoms with E-state index in [0.717, 1.165) is 5.56 Å². The minimum Gasteiger partial charge on any atom is -0.466 e. The van der Waals surface area contributed by atoms with Crippen molar-refractivity contribution in [2.24, 2.45) is 0 Å². The zero-order chi connectivity index (χ0) is 24.7. The number of ether oxygens (including phenoxy) is 2. The molecule has 34 heavy (non-hydrogen) atoms. The predicted octanol–water partition coefficient (Wildman–Crippen LogP) is 5.97. The third-order valence-corrected chi connectivity index (χ3v) is 4.81. The molecule has 0 saturated heterocycles. The van der Waals surface area contributed by atoms with Gasteiger partial charge in [0.15, 0.2) is 0 Å². The summed E-state index contributed by atoms with van der Waals surface area (Å²) in [5.41, 5.74) is 1.82. The maximum atomic E-state index is 15.2. The highest BCUT2D eigenvalue weighted by atomic mass is 19.3. The molecule has 3 aromatic carbocycles. The molecule has 0 aliphatic carbocycles. The van der Waals surface area contributed by atoms with Crippen LogP contribution in [0.3, 0.4) is 0 Å². The van der Waals surface area contributed by atoms with Crippen LogP contribution >= 0.6 is 0 Å². The van der Waals surface area contributed by atoms with Crippen molar-refractivity contribution in [3.05, 3.63) is 84.2 Å². The monoisotopic (exact) mass is 471 g/mol.